The van der Waals surface area contributed by atoms with Gasteiger partial charge in [0.15, 0.2) is 5.82 Å². The second-order valence-electron chi connectivity index (χ2n) is 4.85. The molecule has 1 N–H and O–H groups in total. The van der Waals surface area contributed by atoms with Gasteiger partial charge < -0.3 is 9.84 Å². The Bertz CT molecular complexity index is 504. The lowest BCUT2D eigenvalue weighted by Crippen LogP contribution is -2.44. The van der Waals surface area contributed by atoms with Gasteiger partial charge in [0, 0.05) is 0 Å². The summed E-state index contributed by atoms with van der Waals surface area (Å²) in [7, 11) is 0. The van der Waals surface area contributed by atoms with Gasteiger partial charge in [0.25, 0.3) is 5.91 Å². The maximum atomic E-state index is 12.3. The van der Waals surface area contributed by atoms with Crippen LogP contribution in [0.2, 0.25) is 0 Å². The van der Waals surface area contributed by atoms with E-state index >= 15 is 0 Å². The van der Waals surface area contributed by atoms with Crippen molar-refractivity contribution in [3.05, 3.63) is 11.7 Å². The van der Waals surface area contributed by atoms with Gasteiger partial charge in [0.2, 0.25) is 5.89 Å². The summed E-state index contributed by atoms with van der Waals surface area (Å²) in [5.41, 5.74) is -0.674. The first-order valence-corrected chi connectivity index (χ1v) is 6.04. The molecule has 1 saturated heterocycles. The fourth-order valence-corrected chi connectivity index (χ4v) is 2.68. The standard InChI is InChI=1S/C11H14N4O3/c1-7-12-8(18-14-7)6-15-9(16)11(13-10(15)17)4-2-3-5-11/h2-6H2,1H3,(H,13,17). The number of urea groups is 1. The topological polar surface area (TPSA) is 88.3 Å². The average Bonchev–Trinajstić information content (AvgIpc) is 2.99. The molecule has 3 amide bonds. The Morgan fingerprint density at radius 3 is 2.72 bits per heavy atom. The maximum absolute atomic E-state index is 12.3. The second kappa shape index (κ2) is 3.79. The van der Waals surface area contributed by atoms with Crippen molar-refractivity contribution >= 4 is 11.9 Å². The SMILES string of the molecule is Cc1noc(CN2C(=O)NC3(CCCC3)C2=O)n1. The van der Waals surface area contributed by atoms with Gasteiger partial charge in [0.05, 0.1) is 0 Å². The van der Waals surface area contributed by atoms with Gasteiger partial charge in [-0.2, -0.15) is 4.98 Å². The monoisotopic (exact) mass is 250 g/mol. The quantitative estimate of drug-likeness (QED) is 0.782. The molecule has 2 heterocycles. The number of aromatic nitrogens is 2. The lowest BCUT2D eigenvalue weighted by molar-refractivity contribution is -0.131. The molecule has 2 aliphatic rings. The fraction of sp³-hybridized carbons (Fsp3) is 0.636. The van der Waals surface area contributed by atoms with E-state index in [-0.39, 0.29) is 24.4 Å². The summed E-state index contributed by atoms with van der Waals surface area (Å²) < 4.78 is 4.94. The van der Waals surface area contributed by atoms with E-state index in [1.807, 2.05) is 0 Å². The summed E-state index contributed by atoms with van der Waals surface area (Å²) in [5.74, 6) is 0.611. The number of nitrogens with one attached hydrogen (secondary N) is 1. The molecule has 1 aromatic rings. The predicted molar refractivity (Wildman–Crippen MR) is 59.3 cm³/mol. The molecule has 1 aliphatic carbocycles. The molecule has 18 heavy (non-hydrogen) atoms. The summed E-state index contributed by atoms with van der Waals surface area (Å²) in [5, 5.41) is 6.45. The Labute approximate surface area is 104 Å². The predicted octanol–water partition coefficient (Wildman–Crippen LogP) is 0.743. The molecule has 96 valence electrons. The number of aryl methyl sites for hydroxylation is 1. The first kappa shape index (κ1) is 11.2. The molecular formula is C11H14N4O3. The average molecular weight is 250 g/mol. The number of carbonyl (C=O) groups is 2. The van der Waals surface area contributed by atoms with Crippen LogP contribution in [0.3, 0.4) is 0 Å². The van der Waals surface area contributed by atoms with Crippen LogP contribution in [0.5, 0.6) is 0 Å². The van der Waals surface area contributed by atoms with E-state index in [9.17, 15) is 9.59 Å². The molecule has 0 unspecified atom stereocenters. The number of nitrogens with zero attached hydrogens (tertiary/aromatic N) is 3. The van der Waals surface area contributed by atoms with Gasteiger partial charge in [-0.3, -0.25) is 9.69 Å². The largest absolute Gasteiger partial charge is 0.337 e. The molecule has 1 aromatic heterocycles. The molecule has 1 spiro atoms. The summed E-state index contributed by atoms with van der Waals surface area (Å²) >= 11 is 0. The molecular weight excluding hydrogens is 236 g/mol. The van der Waals surface area contributed by atoms with Crippen molar-refractivity contribution in [2.75, 3.05) is 0 Å². The van der Waals surface area contributed by atoms with Crippen LogP contribution in [-0.4, -0.2) is 32.5 Å². The van der Waals surface area contributed by atoms with Crippen molar-refractivity contribution < 1.29 is 14.1 Å². The Kier molecular flexibility index (Phi) is 2.36. The van der Waals surface area contributed by atoms with Gasteiger partial charge in [0.1, 0.15) is 12.1 Å². The van der Waals surface area contributed by atoms with Crippen molar-refractivity contribution in [3.63, 3.8) is 0 Å². The van der Waals surface area contributed by atoms with Crippen LogP contribution in [0.15, 0.2) is 4.52 Å². The summed E-state index contributed by atoms with van der Waals surface area (Å²) in [6.45, 7) is 1.74. The van der Waals surface area contributed by atoms with Crippen LogP contribution in [0.1, 0.15) is 37.4 Å². The van der Waals surface area contributed by atoms with Crippen LogP contribution < -0.4 is 5.32 Å². The lowest BCUT2D eigenvalue weighted by Gasteiger charge is -2.19. The highest BCUT2D eigenvalue weighted by atomic mass is 16.5. The zero-order valence-electron chi connectivity index (χ0n) is 10.1. The summed E-state index contributed by atoms with van der Waals surface area (Å²) in [4.78, 5) is 29.3. The normalized spacial score (nSPS) is 21.9. The molecule has 0 aromatic carbocycles. The third kappa shape index (κ3) is 1.58. The molecule has 7 heteroatoms. The van der Waals surface area contributed by atoms with Crippen molar-refractivity contribution in [2.45, 2.75) is 44.7 Å². The van der Waals surface area contributed by atoms with Crippen molar-refractivity contribution in [3.8, 4) is 0 Å². The molecule has 1 saturated carbocycles. The molecule has 7 nitrogen and oxygen atoms in total. The van der Waals surface area contributed by atoms with E-state index in [2.05, 4.69) is 15.5 Å². The van der Waals surface area contributed by atoms with Gasteiger partial charge in [-0.25, -0.2) is 4.79 Å². The fourth-order valence-electron chi connectivity index (χ4n) is 2.68. The maximum Gasteiger partial charge on any atom is 0.325 e. The van der Waals surface area contributed by atoms with Crippen LogP contribution in [-0.2, 0) is 11.3 Å². The van der Waals surface area contributed by atoms with Crippen LogP contribution in [0, 0.1) is 6.92 Å². The first-order valence-electron chi connectivity index (χ1n) is 6.04. The van der Waals surface area contributed by atoms with Crippen molar-refractivity contribution in [1.29, 1.82) is 0 Å². The Morgan fingerprint density at radius 2 is 2.11 bits per heavy atom. The van der Waals surface area contributed by atoms with E-state index in [1.165, 1.54) is 0 Å². The highest BCUT2D eigenvalue weighted by Gasteiger charge is 2.52. The Hall–Kier alpha value is -1.92. The zero-order chi connectivity index (χ0) is 12.8. The van der Waals surface area contributed by atoms with Gasteiger partial charge in [-0.15, -0.1) is 0 Å². The number of carbonyl (C=O) groups excluding carboxylic acids is 2. The van der Waals surface area contributed by atoms with Crippen molar-refractivity contribution in [1.82, 2.24) is 20.4 Å². The third-order valence-corrected chi connectivity index (χ3v) is 3.57. The van der Waals surface area contributed by atoms with Crippen LogP contribution in [0.25, 0.3) is 0 Å². The van der Waals surface area contributed by atoms with Crippen LogP contribution >= 0.6 is 0 Å². The second-order valence-corrected chi connectivity index (χ2v) is 4.85. The first-order chi connectivity index (χ1) is 8.61. The molecule has 0 bridgehead atoms. The minimum absolute atomic E-state index is 0.0489. The molecule has 1 aliphatic heterocycles. The minimum atomic E-state index is -0.674. The highest BCUT2D eigenvalue weighted by Crippen LogP contribution is 2.35. The van der Waals surface area contributed by atoms with Gasteiger partial charge in [-0.05, 0) is 19.8 Å². The molecule has 0 radical (unpaired) electrons. The van der Waals surface area contributed by atoms with E-state index in [0.29, 0.717) is 5.82 Å². The summed E-state index contributed by atoms with van der Waals surface area (Å²) in [6.07, 6.45) is 3.38. The van der Waals surface area contributed by atoms with E-state index < -0.39 is 5.54 Å². The van der Waals surface area contributed by atoms with E-state index in [1.54, 1.807) is 6.92 Å². The molecule has 2 fully saturated rings. The minimum Gasteiger partial charge on any atom is -0.337 e. The van der Waals surface area contributed by atoms with Gasteiger partial charge >= 0.3 is 6.03 Å². The zero-order valence-corrected chi connectivity index (χ0v) is 10.1. The van der Waals surface area contributed by atoms with E-state index in [0.717, 1.165) is 30.6 Å². The van der Waals surface area contributed by atoms with Crippen LogP contribution in [0.4, 0.5) is 4.79 Å². The van der Waals surface area contributed by atoms with Gasteiger partial charge in [-0.1, -0.05) is 18.0 Å². The molecule has 3 rings (SSSR count). The number of hydrogen-bond acceptors (Lipinski definition) is 5. The Morgan fingerprint density at radius 1 is 1.39 bits per heavy atom. The smallest absolute Gasteiger partial charge is 0.325 e. The number of rotatable bonds is 2. The van der Waals surface area contributed by atoms with E-state index in [4.69, 9.17) is 4.52 Å². The molecule has 0 atom stereocenters. The Balaban J connectivity index is 1.80. The summed E-state index contributed by atoms with van der Waals surface area (Å²) in [6, 6.07) is -0.363. The number of imide groups is 1. The number of amides is 3. The third-order valence-electron chi connectivity index (χ3n) is 3.57. The lowest BCUT2D eigenvalue weighted by atomic mass is 9.98. The number of hydrogen-bond donors (Lipinski definition) is 1. The highest BCUT2D eigenvalue weighted by molar-refractivity contribution is 6.07. The van der Waals surface area contributed by atoms with Crippen molar-refractivity contribution in [2.24, 2.45) is 0 Å².